The van der Waals surface area contributed by atoms with E-state index in [-0.39, 0.29) is 12.0 Å². The summed E-state index contributed by atoms with van der Waals surface area (Å²) in [6, 6.07) is 7.18. The van der Waals surface area contributed by atoms with Gasteiger partial charge in [0.05, 0.1) is 12.3 Å². The van der Waals surface area contributed by atoms with Crippen molar-refractivity contribution in [3.05, 3.63) is 36.0 Å². The lowest BCUT2D eigenvalue weighted by atomic mass is 10.2. The Morgan fingerprint density at radius 1 is 1.35 bits per heavy atom. The predicted molar refractivity (Wildman–Crippen MR) is 77.8 cm³/mol. The number of nitrogens with one attached hydrogen (secondary N) is 1. The first-order valence-corrected chi connectivity index (χ1v) is 6.33. The van der Waals surface area contributed by atoms with Crippen LogP contribution in [0.25, 0.3) is 0 Å². The lowest BCUT2D eigenvalue weighted by molar-refractivity contribution is 0.102. The average molecular weight is 274 g/mol. The van der Waals surface area contributed by atoms with Crippen molar-refractivity contribution in [2.24, 2.45) is 7.05 Å². The number of carbonyl (C=O) groups is 1. The monoisotopic (exact) mass is 274 g/mol. The molecule has 0 radical (unpaired) electrons. The maximum absolute atomic E-state index is 12.0. The van der Waals surface area contributed by atoms with Crippen LogP contribution in [-0.2, 0) is 7.05 Å². The Hall–Kier alpha value is -2.50. The van der Waals surface area contributed by atoms with Gasteiger partial charge >= 0.3 is 0 Å². The smallest absolute Gasteiger partial charge is 0.261 e. The molecule has 106 valence electrons. The van der Waals surface area contributed by atoms with Gasteiger partial charge in [-0.05, 0) is 38.1 Å². The van der Waals surface area contributed by atoms with E-state index in [4.69, 9.17) is 10.5 Å². The van der Waals surface area contributed by atoms with E-state index in [9.17, 15) is 4.79 Å². The summed E-state index contributed by atoms with van der Waals surface area (Å²) in [6.07, 6.45) is 1.56. The van der Waals surface area contributed by atoms with Gasteiger partial charge in [0.2, 0.25) is 0 Å². The third-order valence-corrected chi connectivity index (χ3v) is 2.71. The third kappa shape index (κ3) is 3.09. The van der Waals surface area contributed by atoms with Crippen molar-refractivity contribution in [1.82, 2.24) is 9.78 Å². The van der Waals surface area contributed by atoms with E-state index in [0.717, 1.165) is 5.75 Å². The summed E-state index contributed by atoms with van der Waals surface area (Å²) in [5.41, 5.74) is 6.79. The second kappa shape index (κ2) is 5.64. The minimum absolute atomic E-state index is 0.116. The minimum Gasteiger partial charge on any atom is -0.491 e. The van der Waals surface area contributed by atoms with E-state index in [2.05, 4.69) is 10.4 Å². The second-order valence-electron chi connectivity index (χ2n) is 4.71. The molecule has 0 aliphatic rings. The molecule has 2 aromatic rings. The molecule has 0 fully saturated rings. The number of aromatic nitrogens is 2. The van der Waals surface area contributed by atoms with Gasteiger partial charge < -0.3 is 15.8 Å². The third-order valence-electron chi connectivity index (χ3n) is 2.71. The Bertz CT molecular complexity index is 602. The molecule has 6 heteroatoms. The van der Waals surface area contributed by atoms with Crippen LogP contribution in [0.3, 0.4) is 0 Å². The number of nitrogens with zero attached hydrogens (tertiary/aromatic N) is 2. The van der Waals surface area contributed by atoms with Crippen LogP contribution in [0.1, 0.15) is 24.2 Å². The fraction of sp³-hybridized carbons (Fsp3) is 0.286. The van der Waals surface area contributed by atoms with Gasteiger partial charge in [-0.25, -0.2) is 0 Å². The first-order chi connectivity index (χ1) is 9.47. The zero-order valence-electron chi connectivity index (χ0n) is 11.8. The molecule has 0 atom stereocenters. The largest absolute Gasteiger partial charge is 0.491 e. The standard InChI is InChI=1S/C14H18N4O2/c1-9(2)20-11-6-4-10(5-7-11)17-14(19)12-8-16-18(3)13(12)15/h4-9H,15H2,1-3H3,(H,17,19). The number of hydrogen-bond donors (Lipinski definition) is 2. The Labute approximate surface area is 117 Å². The zero-order valence-corrected chi connectivity index (χ0v) is 11.8. The van der Waals surface area contributed by atoms with Gasteiger partial charge in [0.1, 0.15) is 17.1 Å². The first kappa shape index (κ1) is 13.9. The number of anilines is 2. The molecule has 0 saturated heterocycles. The normalized spacial score (nSPS) is 10.6. The Morgan fingerprint density at radius 3 is 2.50 bits per heavy atom. The molecule has 0 saturated carbocycles. The van der Waals surface area contributed by atoms with Crippen molar-refractivity contribution in [2.75, 3.05) is 11.1 Å². The number of ether oxygens (including phenoxy) is 1. The van der Waals surface area contributed by atoms with Gasteiger partial charge in [-0.3, -0.25) is 9.48 Å². The SMILES string of the molecule is CC(C)Oc1ccc(NC(=O)c2cnn(C)c2N)cc1. The number of nitrogen functional groups attached to an aromatic ring is 1. The van der Waals surface area contributed by atoms with Crippen LogP contribution in [0.5, 0.6) is 5.75 Å². The van der Waals surface area contributed by atoms with Crippen LogP contribution < -0.4 is 15.8 Å². The molecule has 6 nitrogen and oxygen atoms in total. The van der Waals surface area contributed by atoms with Crippen molar-refractivity contribution in [1.29, 1.82) is 0 Å². The summed E-state index contributed by atoms with van der Waals surface area (Å²) in [7, 11) is 1.68. The number of nitrogens with two attached hydrogens (primary N) is 1. The van der Waals surface area contributed by atoms with Crippen molar-refractivity contribution in [2.45, 2.75) is 20.0 Å². The highest BCUT2D eigenvalue weighted by atomic mass is 16.5. The van der Waals surface area contributed by atoms with E-state index in [1.54, 1.807) is 19.2 Å². The molecule has 2 rings (SSSR count). The van der Waals surface area contributed by atoms with Crippen molar-refractivity contribution >= 4 is 17.4 Å². The number of rotatable bonds is 4. The topological polar surface area (TPSA) is 82.2 Å². The van der Waals surface area contributed by atoms with Crippen LogP contribution >= 0.6 is 0 Å². The molecule has 0 bridgehead atoms. The van der Waals surface area contributed by atoms with E-state index >= 15 is 0 Å². The van der Waals surface area contributed by atoms with Crippen LogP contribution in [0.4, 0.5) is 11.5 Å². The van der Waals surface area contributed by atoms with Crippen molar-refractivity contribution < 1.29 is 9.53 Å². The Balaban J connectivity index is 2.06. The summed E-state index contributed by atoms with van der Waals surface area (Å²) < 4.78 is 6.99. The summed E-state index contributed by atoms with van der Waals surface area (Å²) in [6.45, 7) is 3.92. The summed E-state index contributed by atoms with van der Waals surface area (Å²) in [5, 5.41) is 6.70. The maximum atomic E-state index is 12.0. The molecule has 3 N–H and O–H groups in total. The number of aryl methyl sites for hydroxylation is 1. The highest BCUT2D eigenvalue weighted by Gasteiger charge is 2.13. The first-order valence-electron chi connectivity index (χ1n) is 6.33. The lowest BCUT2D eigenvalue weighted by Gasteiger charge is -2.10. The van der Waals surface area contributed by atoms with Crippen LogP contribution in [0, 0.1) is 0 Å². The Morgan fingerprint density at radius 2 is 2.00 bits per heavy atom. The summed E-state index contributed by atoms with van der Waals surface area (Å²) in [4.78, 5) is 12.0. The highest BCUT2D eigenvalue weighted by molar-refractivity contribution is 6.07. The maximum Gasteiger partial charge on any atom is 0.261 e. The number of amides is 1. The van der Waals surface area contributed by atoms with E-state index < -0.39 is 0 Å². The molecular weight excluding hydrogens is 256 g/mol. The minimum atomic E-state index is -0.284. The quantitative estimate of drug-likeness (QED) is 0.893. The second-order valence-corrected chi connectivity index (χ2v) is 4.71. The van der Waals surface area contributed by atoms with Crippen molar-refractivity contribution in [3.63, 3.8) is 0 Å². The fourth-order valence-electron chi connectivity index (χ4n) is 1.71. The van der Waals surface area contributed by atoms with E-state index in [0.29, 0.717) is 17.1 Å². The molecule has 0 unspecified atom stereocenters. The molecule has 1 aromatic carbocycles. The summed E-state index contributed by atoms with van der Waals surface area (Å²) in [5.74, 6) is 0.814. The van der Waals surface area contributed by atoms with Gasteiger partial charge in [-0.15, -0.1) is 0 Å². The molecule has 1 aromatic heterocycles. The van der Waals surface area contributed by atoms with Crippen LogP contribution in [0.2, 0.25) is 0 Å². The summed E-state index contributed by atoms with van der Waals surface area (Å²) >= 11 is 0. The van der Waals surface area contributed by atoms with Crippen LogP contribution in [-0.4, -0.2) is 21.8 Å². The van der Waals surface area contributed by atoms with E-state index in [1.807, 2.05) is 26.0 Å². The molecule has 0 aliphatic heterocycles. The number of carbonyl (C=O) groups excluding carboxylic acids is 1. The molecule has 20 heavy (non-hydrogen) atoms. The highest BCUT2D eigenvalue weighted by Crippen LogP contribution is 2.18. The molecule has 1 amide bonds. The Kier molecular flexibility index (Phi) is 3.93. The van der Waals surface area contributed by atoms with Gasteiger partial charge in [0.15, 0.2) is 0 Å². The molecule has 0 aliphatic carbocycles. The zero-order chi connectivity index (χ0) is 14.7. The predicted octanol–water partition coefficient (Wildman–Crippen LogP) is 2.04. The molecular formula is C14H18N4O2. The van der Waals surface area contributed by atoms with Gasteiger partial charge in [-0.1, -0.05) is 0 Å². The fourth-order valence-corrected chi connectivity index (χ4v) is 1.71. The number of benzene rings is 1. The van der Waals surface area contributed by atoms with Crippen LogP contribution in [0.15, 0.2) is 30.5 Å². The van der Waals surface area contributed by atoms with Crippen molar-refractivity contribution in [3.8, 4) is 5.75 Å². The van der Waals surface area contributed by atoms with E-state index in [1.165, 1.54) is 10.9 Å². The lowest BCUT2D eigenvalue weighted by Crippen LogP contribution is -2.13. The average Bonchev–Trinajstić information content (AvgIpc) is 2.72. The van der Waals surface area contributed by atoms with Gasteiger partial charge in [0.25, 0.3) is 5.91 Å². The van der Waals surface area contributed by atoms with Gasteiger partial charge in [0, 0.05) is 12.7 Å². The number of hydrogen-bond acceptors (Lipinski definition) is 4. The molecule has 0 spiro atoms. The molecule has 1 heterocycles. The van der Waals surface area contributed by atoms with Gasteiger partial charge in [-0.2, -0.15) is 5.10 Å².